The molecule has 3 heterocycles. The summed E-state index contributed by atoms with van der Waals surface area (Å²) < 4.78 is 0. The van der Waals surface area contributed by atoms with E-state index < -0.39 is 0 Å². The van der Waals surface area contributed by atoms with Crippen LogP contribution in [-0.2, 0) is 6.42 Å². The second kappa shape index (κ2) is 13.8. The Kier molecular flexibility index (Phi) is 12.6. The molecule has 0 bridgehead atoms. The molecule has 0 aromatic carbocycles. The molecule has 4 nitrogen and oxygen atoms in total. The Morgan fingerprint density at radius 2 is 2.04 bits per heavy atom. The minimum Gasteiger partial charge on any atom is -0.698 e. The summed E-state index contributed by atoms with van der Waals surface area (Å²) in [6.07, 6.45) is 8.40. The van der Waals surface area contributed by atoms with Gasteiger partial charge >= 0.3 is 51.4 Å². The monoisotopic (exact) mass is 424 g/mol. The maximum atomic E-state index is 8.17. The number of pyridine rings is 1. The van der Waals surface area contributed by atoms with Gasteiger partial charge in [0.25, 0.3) is 0 Å². The van der Waals surface area contributed by atoms with Gasteiger partial charge in [-0.1, -0.05) is 32.9 Å². The molecule has 0 unspecified atom stereocenters. The molecule has 6 heteroatoms. The van der Waals surface area contributed by atoms with Crippen LogP contribution in [0.4, 0.5) is 11.5 Å². The minimum absolute atomic E-state index is 0. The molecule has 1 aliphatic rings. The number of aromatic nitrogens is 1. The smallest absolute Gasteiger partial charge is 0.698 e. The number of rotatable bonds is 6. The van der Waals surface area contributed by atoms with Gasteiger partial charge in [-0.05, 0) is 49.1 Å². The number of nitrogens with zero attached hydrogens (tertiary/aromatic N) is 2. The van der Waals surface area contributed by atoms with E-state index in [0.717, 1.165) is 36.6 Å². The van der Waals surface area contributed by atoms with Crippen LogP contribution in [0, 0.1) is 5.92 Å². The number of nitrogens with one attached hydrogen (secondary N) is 2. The average molecular weight is 425 g/mol. The van der Waals surface area contributed by atoms with Crippen molar-refractivity contribution in [3.05, 3.63) is 52.0 Å². The maximum Gasteiger partial charge on any atom is 1.00 e. The SMILES string of the molecule is CC.CCc1c(N2CCC(C/C=C(\[NH-])c3cccs3)CC2)ccnc1NC.[K+]. The zero-order valence-corrected chi connectivity index (χ0v) is 22.0. The first-order chi connectivity index (χ1) is 13.2. The van der Waals surface area contributed by atoms with Gasteiger partial charge in [-0.2, -0.15) is 0 Å². The zero-order valence-electron chi connectivity index (χ0n) is 18.1. The first-order valence-corrected chi connectivity index (χ1v) is 11.0. The van der Waals surface area contributed by atoms with E-state index in [2.05, 4.69) is 34.3 Å². The normalized spacial score (nSPS) is 14.7. The Morgan fingerprint density at radius 1 is 1.32 bits per heavy atom. The number of hydrogen-bond acceptors (Lipinski definition) is 4. The molecule has 2 aromatic rings. The molecule has 2 aromatic heterocycles. The van der Waals surface area contributed by atoms with E-state index in [0.29, 0.717) is 11.6 Å². The third kappa shape index (κ3) is 6.85. The van der Waals surface area contributed by atoms with Gasteiger partial charge in [-0.25, -0.2) is 4.98 Å². The van der Waals surface area contributed by atoms with Crippen molar-refractivity contribution in [2.24, 2.45) is 5.92 Å². The fraction of sp³-hybridized carbons (Fsp3) is 0.500. The fourth-order valence-corrected chi connectivity index (χ4v) is 4.24. The van der Waals surface area contributed by atoms with Crippen molar-refractivity contribution in [2.45, 2.75) is 46.5 Å². The molecule has 2 N–H and O–H groups in total. The molecule has 28 heavy (non-hydrogen) atoms. The van der Waals surface area contributed by atoms with Crippen molar-refractivity contribution >= 4 is 28.5 Å². The molecule has 1 aliphatic heterocycles. The van der Waals surface area contributed by atoms with Gasteiger partial charge in [-0.15, -0.1) is 17.0 Å². The van der Waals surface area contributed by atoms with Gasteiger partial charge in [0, 0.05) is 42.5 Å². The summed E-state index contributed by atoms with van der Waals surface area (Å²) in [5.41, 5.74) is 11.5. The third-order valence-corrected chi connectivity index (χ3v) is 5.92. The Morgan fingerprint density at radius 3 is 2.61 bits per heavy atom. The molecular formula is C22H33KN4S. The molecule has 0 radical (unpaired) electrons. The van der Waals surface area contributed by atoms with Crippen LogP contribution in [0.3, 0.4) is 0 Å². The Bertz CT molecular complexity index is 707. The van der Waals surface area contributed by atoms with Gasteiger partial charge in [0.15, 0.2) is 0 Å². The van der Waals surface area contributed by atoms with E-state index in [1.807, 2.05) is 44.6 Å². The van der Waals surface area contributed by atoms with Crippen molar-refractivity contribution < 1.29 is 51.4 Å². The predicted octanol–water partition coefficient (Wildman–Crippen LogP) is 3.48. The van der Waals surface area contributed by atoms with Crippen LogP contribution in [0.1, 0.15) is 50.5 Å². The summed E-state index contributed by atoms with van der Waals surface area (Å²) in [6, 6.07) is 6.19. The van der Waals surface area contributed by atoms with Crippen molar-refractivity contribution in [2.75, 3.05) is 30.4 Å². The van der Waals surface area contributed by atoms with Crippen LogP contribution < -0.4 is 61.6 Å². The van der Waals surface area contributed by atoms with E-state index in [9.17, 15) is 0 Å². The largest absolute Gasteiger partial charge is 1.00 e. The Labute approximate surface area is 217 Å². The quantitative estimate of drug-likeness (QED) is 0.723. The summed E-state index contributed by atoms with van der Waals surface area (Å²) in [5, 5.41) is 5.25. The van der Waals surface area contributed by atoms with Gasteiger partial charge in [0.1, 0.15) is 5.82 Å². The van der Waals surface area contributed by atoms with Crippen LogP contribution in [0.2, 0.25) is 0 Å². The molecular weight excluding hydrogens is 391 g/mol. The fourth-order valence-electron chi connectivity index (χ4n) is 3.57. The van der Waals surface area contributed by atoms with Gasteiger partial charge < -0.3 is 16.0 Å². The van der Waals surface area contributed by atoms with Crippen molar-refractivity contribution in [3.63, 3.8) is 0 Å². The van der Waals surface area contributed by atoms with E-state index in [4.69, 9.17) is 5.73 Å². The number of hydrogen-bond donors (Lipinski definition) is 1. The summed E-state index contributed by atoms with van der Waals surface area (Å²) in [6.45, 7) is 8.37. The molecule has 1 fully saturated rings. The van der Waals surface area contributed by atoms with Crippen LogP contribution in [-0.4, -0.2) is 25.1 Å². The molecule has 0 aliphatic carbocycles. The standard InChI is InChI=1S/C20H27N4S.C2H6.K/c1-3-16-18(8-11-23-20(16)22-2)24-12-9-15(10-13-24)6-7-17(21)19-5-4-14-25-19;1-2;/h4-5,7-8,11,14-15,21H,3,6,9-10,12-13H2,1-2H3,(H,22,23);1-2H3;/q-1;;+1/b17-7-;;. The minimum atomic E-state index is 0. The number of piperidine rings is 1. The van der Waals surface area contributed by atoms with Gasteiger partial charge in [0.2, 0.25) is 0 Å². The summed E-state index contributed by atoms with van der Waals surface area (Å²) in [7, 11) is 1.94. The Balaban J connectivity index is 0.00000127. The predicted molar refractivity (Wildman–Crippen MR) is 121 cm³/mol. The molecule has 3 rings (SSSR count). The number of allylic oxidation sites excluding steroid dienone is 1. The van der Waals surface area contributed by atoms with Crippen molar-refractivity contribution in [3.8, 4) is 0 Å². The van der Waals surface area contributed by atoms with E-state index >= 15 is 0 Å². The number of thiophene rings is 1. The summed E-state index contributed by atoms with van der Waals surface area (Å²) in [4.78, 5) is 8.02. The third-order valence-electron chi connectivity index (χ3n) is 5.02. The maximum absolute atomic E-state index is 8.17. The number of anilines is 2. The molecule has 0 saturated carbocycles. The summed E-state index contributed by atoms with van der Waals surface area (Å²) in [5.74, 6) is 1.69. The van der Waals surface area contributed by atoms with Crippen LogP contribution >= 0.6 is 11.3 Å². The van der Waals surface area contributed by atoms with E-state index in [1.165, 1.54) is 24.1 Å². The first kappa shape index (κ1) is 25.7. The zero-order chi connectivity index (χ0) is 19.6. The molecule has 0 spiro atoms. The van der Waals surface area contributed by atoms with E-state index in [-0.39, 0.29) is 51.4 Å². The van der Waals surface area contributed by atoms with Crippen LogP contribution in [0.25, 0.3) is 11.4 Å². The Hall–Kier alpha value is -0.374. The molecule has 1 saturated heterocycles. The molecule has 0 atom stereocenters. The van der Waals surface area contributed by atoms with E-state index in [1.54, 1.807) is 11.3 Å². The molecule has 148 valence electrons. The second-order valence-electron chi connectivity index (χ2n) is 6.52. The topological polar surface area (TPSA) is 52.0 Å². The van der Waals surface area contributed by atoms with Crippen molar-refractivity contribution in [1.82, 2.24) is 4.98 Å². The average Bonchev–Trinajstić information content (AvgIpc) is 3.28. The first-order valence-electron chi connectivity index (χ1n) is 10.1. The summed E-state index contributed by atoms with van der Waals surface area (Å²) >= 11 is 1.65. The van der Waals surface area contributed by atoms with Gasteiger partial charge in [0.05, 0.1) is 0 Å². The van der Waals surface area contributed by atoms with Crippen LogP contribution in [0.5, 0.6) is 0 Å². The second-order valence-corrected chi connectivity index (χ2v) is 7.47. The van der Waals surface area contributed by atoms with Gasteiger partial charge in [-0.3, -0.25) is 0 Å². The van der Waals surface area contributed by atoms with Crippen LogP contribution in [0.15, 0.2) is 35.9 Å². The van der Waals surface area contributed by atoms with Crippen molar-refractivity contribution in [1.29, 1.82) is 0 Å². The molecule has 0 amide bonds.